The molecule has 3 rings (SSSR count). The monoisotopic (exact) mass is 323 g/mol. The lowest BCUT2D eigenvalue weighted by atomic mass is 10.2. The summed E-state index contributed by atoms with van der Waals surface area (Å²) < 4.78 is 0.908. The minimum atomic E-state index is 0.468. The van der Waals surface area contributed by atoms with Crippen LogP contribution in [0.5, 0.6) is 0 Å². The summed E-state index contributed by atoms with van der Waals surface area (Å²) in [5, 5.41) is 0. The maximum Gasteiger partial charge on any atom is 0.179 e. The Labute approximate surface area is 119 Å². The number of hydrogen-bond acceptors (Lipinski definition) is 3. The van der Waals surface area contributed by atoms with Crippen LogP contribution in [-0.4, -0.2) is 15.0 Å². The molecule has 1 saturated carbocycles. The fourth-order valence-electron chi connectivity index (χ4n) is 1.90. The molecule has 2 aromatic rings. The molecule has 0 aromatic carbocycles. The lowest BCUT2D eigenvalue weighted by Gasteiger charge is -2.07. The van der Waals surface area contributed by atoms with Crippen LogP contribution in [0.2, 0.25) is 0 Å². The average molecular weight is 325 g/mol. The first kappa shape index (κ1) is 12.1. The van der Waals surface area contributed by atoms with Crippen LogP contribution in [-0.2, 0) is 5.88 Å². The van der Waals surface area contributed by atoms with Crippen LogP contribution in [0.4, 0.5) is 0 Å². The second kappa shape index (κ2) is 4.94. The zero-order valence-electron chi connectivity index (χ0n) is 9.61. The Hall–Kier alpha value is -1.000. The Morgan fingerprint density at radius 2 is 2.17 bits per heavy atom. The molecule has 2 heterocycles. The van der Waals surface area contributed by atoms with Crippen molar-refractivity contribution < 1.29 is 0 Å². The summed E-state index contributed by atoms with van der Waals surface area (Å²) in [4.78, 5) is 13.3. The highest BCUT2D eigenvalue weighted by Gasteiger charge is 2.28. The van der Waals surface area contributed by atoms with E-state index >= 15 is 0 Å². The number of alkyl halides is 1. The predicted octanol–water partition coefficient (Wildman–Crippen LogP) is 3.92. The molecule has 0 saturated heterocycles. The van der Waals surface area contributed by atoms with Crippen LogP contribution in [0, 0.1) is 0 Å². The average Bonchev–Trinajstić information content (AvgIpc) is 3.23. The van der Waals surface area contributed by atoms with E-state index in [0.717, 1.165) is 21.4 Å². The highest BCUT2D eigenvalue weighted by Crippen LogP contribution is 2.41. The van der Waals surface area contributed by atoms with Gasteiger partial charge in [0.1, 0.15) is 5.69 Å². The number of hydrogen-bond donors (Lipinski definition) is 0. The van der Waals surface area contributed by atoms with Crippen molar-refractivity contribution in [2.45, 2.75) is 24.6 Å². The molecule has 0 N–H and O–H groups in total. The van der Waals surface area contributed by atoms with Gasteiger partial charge in [0, 0.05) is 28.3 Å². The highest BCUT2D eigenvalue weighted by atomic mass is 79.9. The second-order valence-corrected chi connectivity index (χ2v) is 5.47. The van der Waals surface area contributed by atoms with Gasteiger partial charge in [0.05, 0.1) is 11.6 Å². The molecule has 0 unspecified atom stereocenters. The van der Waals surface area contributed by atoms with E-state index in [9.17, 15) is 0 Å². The van der Waals surface area contributed by atoms with Crippen LogP contribution in [0.1, 0.15) is 30.0 Å². The molecule has 3 nitrogen and oxygen atoms in total. The molecule has 0 amide bonds. The smallest absolute Gasteiger partial charge is 0.179 e. The van der Waals surface area contributed by atoms with Crippen molar-refractivity contribution in [3.05, 3.63) is 40.3 Å². The van der Waals surface area contributed by atoms with Gasteiger partial charge < -0.3 is 0 Å². The van der Waals surface area contributed by atoms with E-state index in [1.54, 1.807) is 6.20 Å². The molecule has 0 aliphatic heterocycles. The molecule has 92 valence electrons. The Balaban J connectivity index is 2.08. The Morgan fingerprint density at radius 1 is 1.33 bits per heavy atom. The van der Waals surface area contributed by atoms with Gasteiger partial charge in [-0.3, -0.25) is 4.98 Å². The van der Waals surface area contributed by atoms with Crippen molar-refractivity contribution in [1.29, 1.82) is 0 Å². The third-order valence-electron chi connectivity index (χ3n) is 2.98. The van der Waals surface area contributed by atoms with Gasteiger partial charge in [0.15, 0.2) is 5.82 Å². The summed E-state index contributed by atoms with van der Waals surface area (Å²) in [6, 6.07) is 3.82. The lowest BCUT2D eigenvalue weighted by Crippen LogP contribution is -2.00. The predicted molar refractivity (Wildman–Crippen MR) is 74.5 cm³/mol. The highest BCUT2D eigenvalue weighted by molar-refractivity contribution is 9.10. The third kappa shape index (κ3) is 2.27. The van der Waals surface area contributed by atoms with E-state index in [4.69, 9.17) is 11.6 Å². The van der Waals surface area contributed by atoms with Gasteiger partial charge in [-0.05, 0) is 40.9 Å². The van der Waals surface area contributed by atoms with E-state index in [0.29, 0.717) is 17.6 Å². The van der Waals surface area contributed by atoms with Crippen molar-refractivity contribution in [3.63, 3.8) is 0 Å². The fraction of sp³-hybridized carbons (Fsp3) is 0.308. The van der Waals surface area contributed by atoms with E-state index < -0.39 is 0 Å². The van der Waals surface area contributed by atoms with Crippen molar-refractivity contribution in [3.8, 4) is 11.5 Å². The molecule has 1 aliphatic rings. The standard InChI is InChI=1S/C13H11BrClN3/c14-10-2-1-5-16-12(10)13-17-7-9(6-15)11(18-13)8-3-4-8/h1-2,5,7-8H,3-4,6H2. The SMILES string of the molecule is ClCc1cnc(-c2ncccc2Br)nc1C1CC1. The third-order valence-corrected chi connectivity index (χ3v) is 3.90. The topological polar surface area (TPSA) is 38.7 Å². The van der Waals surface area contributed by atoms with E-state index in [1.807, 2.05) is 18.3 Å². The van der Waals surface area contributed by atoms with Crippen molar-refractivity contribution in [1.82, 2.24) is 15.0 Å². The molecule has 0 radical (unpaired) electrons. The van der Waals surface area contributed by atoms with Crippen molar-refractivity contribution >= 4 is 27.5 Å². The van der Waals surface area contributed by atoms with Gasteiger partial charge in [0.2, 0.25) is 0 Å². The first-order valence-electron chi connectivity index (χ1n) is 5.82. The number of pyridine rings is 1. The Morgan fingerprint density at radius 3 is 2.83 bits per heavy atom. The summed E-state index contributed by atoms with van der Waals surface area (Å²) in [5.41, 5.74) is 2.91. The quantitative estimate of drug-likeness (QED) is 0.803. The van der Waals surface area contributed by atoms with Gasteiger partial charge in [0.25, 0.3) is 0 Å². The summed E-state index contributed by atoms with van der Waals surface area (Å²) in [6.45, 7) is 0. The number of aromatic nitrogens is 3. The van der Waals surface area contributed by atoms with Gasteiger partial charge in [-0.1, -0.05) is 0 Å². The maximum absolute atomic E-state index is 5.93. The summed E-state index contributed by atoms with van der Waals surface area (Å²) in [7, 11) is 0. The van der Waals surface area contributed by atoms with Gasteiger partial charge >= 0.3 is 0 Å². The van der Waals surface area contributed by atoms with Gasteiger partial charge in [-0.2, -0.15) is 0 Å². The molecule has 18 heavy (non-hydrogen) atoms. The van der Waals surface area contributed by atoms with Crippen molar-refractivity contribution in [2.24, 2.45) is 0 Å². The van der Waals surface area contributed by atoms with E-state index in [1.165, 1.54) is 12.8 Å². The molecule has 1 aliphatic carbocycles. The van der Waals surface area contributed by atoms with Crippen molar-refractivity contribution in [2.75, 3.05) is 0 Å². The molecular formula is C13H11BrClN3. The zero-order valence-corrected chi connectivity index (χ0v) is 11.9. The van der Waals surface area contributed by atoms with Gasteiger partial charge in [-0.15, -0.1) is 11.6 Å². The first-order chi connectivity index (χ1) is 8.79. The minimum Gasteiger partial charge on any atom is -0.252 e. The summed E-state index contributed by atoms with van der Waals surface area (Å²) in [5.74, 6) is 1.69. The first-order valence-corrected chi connectivity index (χ1v) is 7.15. The fourth-order valence-corrected chi connectivity index (χ4v) is 2.54. The molecule has 1 fully saturated rings. The lowest BCUT2D eigenvalue weighted by molar-refractivity contribution is 0.952. The van der Waals surface area contributed by atoms with E-state index in [2.05, 4.69) is 30.9 Å². The summed E-state index contributed by atoms with van der Waals surface area (Å²) >= 11 is 9.41. The zero-order chi connectivity index (χ0) is 12.5. The van der Waals surface area contributed by atoms with Crippen LogP contribution in [0.25, 0.3) is 11.5 Å². The number of halogens is 2. The van der Waals surface area contributed by atoms with Crippen LogP contribution < -0.4 is 0 Å². The largest absolute Gasteiger partial charge is 0.252 e. The van der Waals surface area contributed by atoms with Crippen LogP contribution >= 0.6 is 27.5 Å². The summed E-state index contributed by atoms with van der Waals surface area (Å²) in [6.07, 6.45) is 5.97. The molecular weight excluding hydrogens is 314 g/mol. The number of nitrogens with zero attached hydrogens (tertiary/aromatic N) is 3. The minimum absolute atomic E-state index is 0.468. The van der Waals surface area contributed by atoms with E-state index in [-0.39, 0.29) is 0 Å². The molecule has 0 bridgehead atoms. The molecule has 5 heteroatoms. The maximum atomic E-state index is 5.93. The molecule has 0 spiro atoms. The second-order valence-electron chi connectivity index (χ2n) is 4.35. The van der Waals surface area contributed by atoms with Crippen LogP contribution in [0.15, 0.2) is 29.0 Å². The van der Waals surface area contributed by atoms with Gasteiger partial charge in [-0.25, -0.2) is 9.97 Å². The molecule has 0 atom stereocenters. The Bertz CT molecular complexity index is 584. The Kier molecular flexibility index (Phi) is 3.31. The van der Waals surface area contributed by atoms with Crippen LogP contribution in [0.3, 0.4) is 0 Å². The normalized spacial score (nSPS) is 14.8. The molecule has 2 aromatic heterocycles. The number of rotatable bonds is 3.